The van der Waals surface area contributed by atoms with Crippen LogP contribution in [-0.4, -0.2) is 33.8 Å². The van der Waals surface area contributed by atoms with E-state index in [2.05, 4.69) is 26.3 Å². The number of benzene rings is 2. The smallest absolute Gasteiger partial charge is 0.225 e. The lowest BCUT2D eigenvalue weighted by atomic mass is 10.0. The summed E-state index contributed by atoms with van der Waals surface area (Å²) in [6.45, 7) is 3.86. The first kappa shape index (κ1) is 27.6. The lowest BCUT2D eigenvalue weighted by Gasteiger charge is -2.17. The molecule has 1 amide bonds. The molecule has 0 saturated carbocycles. The number of aryl methyl sites for hydroxylation is 1. The summed E-state index contributed by atoms with van der Waals surface area (Å²) in [4.78, 5) is 36.3. The van der Waals surface area contributed by atoms with Crippen LogP contribution in [0.25, 0.3) is 22.2 Å². The van der Waals surface area contributed by atoms with Crippen LogP contribution < -0.4 is 10.1 Å². The summed E-state index contributed by atoms with van der Waals surface area (Å²) in [5.74, 6) is 1.59. The highest BCUT2D eigenvalue weighted by atomic mass is 16.5. The fourth-order valence-electron chi connectivity index (χ4n) is 4.84. The van der Waals surface area contributed by atoms with Crippen LogP contribution in [-0.2, 0) is 16.0 Å². The molecule has 2 aromatic carbocycles. The van der Waals surface area contributed by atoms with Crippen LogP contribution in [0.3, 0.4) is 0 Å². The zero-order valence-corrected chi connectivity index (χ0v) is 22.8. The van der Waals surface area contributed by atoms with E-state index in [0.29, 0.717) is 30.7 Å². The molecule has 4 aromatic rings. The van der Waals surface area contributed by atoms with Gasteiger partial charge in [-0.05, 0) is 55.7 Å². The fourth-order valence-corrected chi connectivity index (χ4v) is 4.84. The largest absolute Gasteiger partial charge is 0.497 e. The average Bonchev–Trinajstić information content (AvgIpc) is 3.56. The van der Waals surface area contributed by atoms with E-state index in [-0.39, 0.29) is 24.2 Å². The van der Waals surface area contributed by atoms with Gasteiger partial charge in [0.2, 0.25) is 5.91 Å². The van der Waals surface area contributed by atoms with Crippen molar-refractivity contribution in [2.24, 2.45) is 0 Å². The number of hydrogen-bond acceptors (Lipinski definition) is 5. The molecule has 0 radical (unpaired) electrons. The summed E-state index contributed by atoms with van der Waals surface area (Å²) >= 11 is 0. The maximum Gasteiger partial charge on any atom is 0.225 e. The quantitative estimate of drug-likeness (QED) is 0.183. The van der Waals surface area contributed by atoms with Crippen molar-refractivity contribution in [3.63, 3.8) is 0 Å². The maximum absolute atomic E-state index is 13.3. The van der Waals surface area contributed by atoms with Crippen LogP contribution in [0.2, 0.25) is 0 Å². The Morgan fingerprint density at radius 3 is 2.74 bits per heavy atom. The number of nitrogens with zero attached hydrogens (tertiary/aromatic N) is 2. The number of fused-ring (bicyclic) bond motifs is 1. The zero-order valence-electron chi connectivity index (χ0n) is 22.8. The van der Waals surface area contributed by atoms with E-state index in [9.17, 15) is 14.9 Å². The third-order valence-corrected chi connectivity index (χ3v) is 7.07. The number of carbonyl (C=O) groups is 2. The molecule has 0 aliphatic carbocycles. The predicted molar refractivity (Wildman–Crippen MR) is 151 cm³/mol. The van der Waals surface area contributed by atoms with Crippen LogP contribution >= 0.6 is 0 Å². The second-order valence-electron chi connectivity index (χ2n) is 9.80. The highest BCUT2D eigenvalue weighted by Gasteiger charge is 2.20. The summed E-state index contributed by atoms with van der Waals surface area (Å²) < 4.78 is 5.39. The minimum atomic E-state index is -0.313. The molecule has 8 nitrogen and oxygen atoms in total. The third kappa shape index (κ3) is 6.94. The van der Waals surface area contributed by atoms with E-state index < -0.39 is 0 Å². The zero-order chi connectivity index (χ0) is 27.8. The fraction of sp³-hybridized carbons (Fsp3) is 0.355. The molecule has 0 aliphatic rings. The predicted octanol–water partition coefficient (Wildman–Crippen LogP) is 6.08. The lowest BCUT2D eigenvalue weighted by Crippen LogP contribution is -2.30. The molecule has 0 saturated heterocycles. The second-order valence-corrected chi connectivity index (χ2v) is 9.80. The van der Waals surface area contributed by atoms with E-state index >= 15 is 0 Å². The number of methoxy groups -OCH3 is 1. The second kappa shape index (κ2) is 12.9. The number of nitriles is 1. The first-order valence-electron chi connectivity index (χ1n) is 13.4. The number of aromatic nitrogens is 3. The molecule has 1 atom stereocenters. The van der Waals surface area contributed by atoms with Crippen molar-refractivity contribution >= 4 is 22.6 Å². The maximum atomic E-state index is 13.3. The highest BCUT2D eigenvalue weighted by Crippen LogP contribution is 2.28. The van der Waals surface area contributed by atoms with Gasteiger partial charge in [-0.3, -0.25) is 9.59 Å². The molecule has 0 unspecified atom stereocenters. The lowest BCUT2D eigenvalue weighted by molar-refractivity contribution is -0.121. The molecule has 4 rings (SSSR count). The van der Waals surface area contributed by atoms with Crippen molar-refractivity contribution in [3.05, 3.63) is 71.3 Å². The number of Topliss-reactive ketones (excluding diaryl/α,β-unsaturated/α-hetero) is 1. The Morgan fingerprint density at radius 2 is 1.97 bits per heavy atom. The Kier molecular flexibility index (Phi) is 9.16. The molecule has 3 N–H and O–H groups in total. The molecular formula is C31H35N5O3. The minimum absolute atomic E-state index is 0.0996. The first-order chi connectivity index (χ1) is 18.9. The number of rotatable bonds is 13. The van der Waals surface area contributed by atoms with Crippen LogP contribution in [0.15, 0.2) is 48.7 Å². The van der Waals surface area contributed by atoms with Gasteiger partial charge in [0.25, 0.3) is 0 Å². The molecule has 2 aromatic heterocycles. The Balaban J connectivity index is 1.51. The summed E-state index contributed by atoms with van der Waals surface area (Å²) in [5, 5.41) is 13.4. The molecule has 39 heavy (non-hydrogen) atoms. The third-order valence-electron chi connectivity index (χ3n) is 7.07. The molecule has 0 bridgehead atoms. The van der Waals surface area contributed by atoms with E-state index in [4.69, 9.17) is 4.74 Å². The Bertz CT molecular complexity index is 1490. The molecule has 0 fully saturated rings. The number of imidazole rings is 1. The van der Waals surface area contributed by atoms with Crippen molar-refractivity contribution in [3.8, 4) is 23.1 Å². The van der Waals surface area contributed by atoms with Gasteiger partial charge in [-0.25, -0.2) is 4.98 Å². The van der Waals surface area contributed by atoms with Gasteiger partial charge in [-0.15, -0.1) is 0 Å². The number of hydrogen-bond donors (Lipinski definition) is 3. The SMILES string of the molecule is CCC(=O)CCCCC[C@H](NC(=O)Cc1c(C)[nH]c2ccc(OC)cc12)c1ncc(-c2cccc(C#N)c2)[nH]1. The molecule has 0 spiro atoms. The number of amides is 1. The monoisotopic (exact) mass is 525 g/mol. The van der Waals surface area contributed by atoms with Crippen LogP contribution in [0.4, 0.5) is 0 Å². The van der Waals surface area contributed by atoms with Gasteiger partial charge in [0.15, 0.2) is 0 Å². The van der Waals surface area contributed by atoms with Crippen molar-refractivity contribution in [1.82, 2.24) is 20.3 Å². The number of ether oxygens (including phenoxy) is 1. The average molecular weight is 526 g/mol. The van der Waals surface area contributed by atoms with Gasteiger partial charge < -0.3 is 20.0 Å². The summed E-state index contributed by atoms with van der Waals surface area (Å²) in [7, 11) is 1.63. The van der Waals surface area contributed by atoms with Crippen molar-refractivity contribution in [2.75, 3.05) is 7.11 Å². The summed E-state index contributed by atoms with van der Waals surface area (Å²) in [6.07, 6.45) is 6.41. The van der Waals surface area contributed by atoms with Crippen LogP contribution in [0.1, 0.15) is 74.1 Å². The van der Waals surface area contributed by atoms with E-state index in [1.165, 1.54) is 0 Å². The van der Waals surface area contributed by atoms with Crippen molar-refractivity contribution in [1.29, 1.82) is 5.26 Å². The van der Waals surface area contributed by atoms with Gasteiger partial charge >= 0.3 is 0 Å². The van der Waals surface area contributed by atoms with Crippen molar-refractivity contribution in [2.45, 2.75) is 64.8 Å². The van der Waals surface area contributed by atoms with Crippen LogP contribution in [0, 0.1) is 18.3 Å². The van der Waals surface area contributed by atoms with Gasteiger partial charge in [-0.2, -0.15) is 5.26 Å². The van der Waals surface area contributed by atoms with E-state index in [1.807, 2.05) is 50.2 Å². The van der Waals surface area contributed by atoms with E-state index in [1.54, 1.807) is 19.4 Å². The number of carbonyl (C=O) groups excluding carboxylic acids is 2. The normalized spacial score (nSPS) is 11.7. The standard InChI is InChI=1S/C31H35N5O3/c1-4-23(37)11-6-5-7-12-28(31-33-19-29(36-31)22-10-8-9-21(15-22)18-32)35-30(38)17-25-20(2)34-27-14-13-24(39-3)16-26(25)27/h8-10,13-16,19,28,34H,4-7,11-12,17H2,1-3H3,(H,33,36)(H,35,38)/t28-/m0/s1. The van der Waals surface area contributed by atoms with Gasteiger partial charge in [0.1, 0.15) is 17.4 Å². The number of unbranched alkanes of at least 4 members (excludes halogenated alkanes) is 2. The van der Waals surface area contributed by atoms with Gasteiger partial charge in [0.05, 0.1) is 43.1 Å². The molecule has 8 heteroatoms. The summed E-state index contributed by atoms with van der Waals surface area (Å²) in [5.41, 5.74) is 5.06. The Labute approximate surface area is 228 Å². The minimum Gasteiger partial charge on any atom is -0.497 e. The number of aromatic amines is 2. The summed E-state index contributed by atoms with van der Waals surface area (Å²) in [6, 6.07) is 15.0. The molecule has 0 aliphatic heterocycles. The first-order valence-corrected chi connectivity index (χ1v) is 13.4. The Hall–Kier alpha value is -4.38. The number of ketones is 1. The number of nitrogens with one attached hydrogen (secondary N) is 3. The number of H-pyrrole nitrogens is 2. The molecule has 2 heterocycles. The van der Waals surface area contributed by atoms with Crippen LogP contribution in [0.5, 0.6) is 5.75 Å². The van der Waals surface area contributed by atoms with Crippen molar-refractivity contribution < 1.29 is 14.3 Å². The van der Waals surface area contributed by atoms with Gasteiger partial charge in [0, 0.05) is 35.0 Å². The highest BCUT2D eigenvalue weighted by molar-refractivity contribution is 5.91. The van der Waals surface area contributed by atoms with E-state index in [0.717, 1.165) is 58.4 Å². The Morgan fingerprint density at radius 1 is 1.13 bits per heavy atom. The molecule has 202 valence electrons. The van der Waals surface area contributed by atoms with Gasteiger partial charge in [-0.1, -0.05) is 31.9 Å². The topological polar surface area (TPSA) is 124 Å². The molecular weight excluding hydrogens is 490 g/mol.